The maximum Gasteiger partial charge on any atom is 0.326 e. The first-order valence-corrected chi connectivity index (χ1v) is 5.92. The van der Waals surface area contributed by atoms with Gasteiger partial charge in [-0.1, -0.05) is 6.07 Å². The summed E-state index contributed by atoms with van der Waals surface area (Å²) >= 11 is 0. The summed E-state index contributed by atoms with van der Waals surface area (Å²) in [5, 5.41) is 10.0. The van der Waals surface area contributed by atoms with Crippen LogP contribution in [0.15, 0.2) is 18.2 Å². The largest absolute Gasteiger partial charge is 0.481 e. The number of rotatable bonds is 4. The predicted molar refractivity (Wildman–Crippen MR) is 69.6 cm³/mol. The number of pyridine rings is 1. The van der Waals surface area contributed by atoms with Crippen molar-refractivity contribution in [3.63, 3.8) is 0 Å². The van der Waals surface area contributed by atoms with Gasteiger partial charge in [-0.05, 0) is 26.8 Å². The SMILES string of the molecule is COc1cccc([C@H](O)[C@@H](N)C(=O)OC(C)(C)C)n1. The van der Waals surface area contributed by atoms with Gasteiger partial charge >= 0.3 is 5.97 Å². The summed E-state index contributed by atoms with van der Waals surface area (Å²) in [6.07, 6.45) is -1.25. The van der Waals surface area contributed by atoms with Crippen LogP contribution >= 0.6 is 0 Å². The van der Waals surface area contributed by atoms with Gasteiger partial charge in [0.1, 0.15) is 17.7 Å². The number of carbonyl (C=O) groups excluding carboxylic acids is 1. The number of hydrogen-bond donors (Lipinski definition) is 2. The second-order valence-electron chi connectivity index (χ2n) is 5.11. The Labute approximate surface area is 112 Å². The van der Waals surface area contributed by atoms with Crippen molar-refractivity contribution in [2.24, 2.45) is 5.73 Å². The zero-order valence-corrected chi connectivity index (χ0v) is 11.6. The summed E-state index contributed by atoms with van der Waals surface area (Å²) in [6, 6.07) is 3.66. The fourth-order valence-corrected chi connectivity index (χ4v) is 1.39. The van der Waals surface area contributed by atoms with E-state index in [0.29, 0.717) is 5.88 Å². The molecule has 6 nitrogen and oxygen atoms in total. The van der Waals surface area contributed by atoms with E-state index in [-0.39, 0.29) is 5.69 Å². The summed E-state index contributed by atoms with van der Waals surface area (Å²) in [6.45, 7) is 5.19. The Morgan fingerprint density at radius 3 is 2.58 bits per heavy atom. The van der Waals surface area contributed by atoms with Crippen LogP contribution in [0.2, 0.25) is 0 Å². The molecule has 0 spiro atoms. The number of hydrogen-bond acceptors (Lipinski definition) is 6. The van der Waals surface area contributed by atoms with Crippen LogP contribution in [0.1, 0.15) is 32.6 Å². The Kier molecular flexibility index (Phi) is 4.85. The van der Waals surface area contributed by atoms with E-state index in [0.717, 1.165) is 0 Å². The van der Waals surface area contributed by atoms with Crippen LogP contribution in [-0.4, -0.2) is 34.8 Å². The number of nitrogens with zero attached hydrogens (tertiary/aromatic N) is 1. The first-order valence-electron chi connectivity index (χ1n) is 5.92. The van der Waals surface area contributed by atoms with Crippen molar-refractivity contribution >= 4 is 5.97 Å². The normalized spacial score (nSPS) is 14.6. The quantitative estimate of drug-likeness (QED) is 0.784. The molecule has 1 aromatic heterocycles. The van der Waals surface area contributed by atoms with Crippen molar-refractivity contribution in [2.75, 3.05) is 7.11 Å². The third kappa shape index (κ3) is 4.50. The topological polar surface area (TPSA) is 94.7 Å². The molecule has 19 heavy (non-hydrogen) atoms. The highest BCUT2D eigenvalue weighted by Gasteiger charge is 2.29. The van der Waals surface area contributed by atoms with E-state index in [2.05, 4.69) is 4.98 Å². The molecule has 0 bridgehead atoms. The Bertz CT molecular complexity index is 443. The standard InChI is InChI=1S/C13H20N2O4/c1-13(2,3)19-12(17)10(14)11(16)8-6-5-7-9(15-8)18-4/h5-7,10-11,16H,14H2,1-4H3/t10-,11+/m1/s1. The summed E-state index contributed by atoms with van der Waals surface area (Å²) < 4.78 is 10.1. The first-order chi connectivity index (χ1) is 8.74. The second-order valence-corrected chi connectivity index (χ2v) is 5.11. The number of methoxy groups -OCH3 is 1. The van der Waals surface area contributed by atoms with Crippen molar-refractivity contribution in [2.45, 2.75) is 38.5 Å². The van der Waals surface area contributed by atoms with Gasteiger partial charge in [-0.25, -0.2) is 4.98 Å². The zero-order valence-electron chi connectivity index (χ0n) is 11.6. The fraction of sp³-hybridized carbons (Fsp3) is 0.538. The van der Waals surface area contributed by atoms with Gasteiger partial charge in [0.15, 0.2) is 0 Å². The average molecular weight is 268 g/mol. The summed E-state index contributed by atoms with van der Waals surface area (Å²) in [4.78, 5) is 15.8. The molecular formula is C13H20N2O4. The van der Waals surface area contributed by atoms with Gasteiger partial charge in [0.05, 0.1) is 12.8 Å². The van der Waals surface area contributed by atoms with E-state index in [1.54, 1.807) is 39.0 Å². The molecule has 0 amide bonds. The van der Waals surface area contributed by atoms with E-state index < -0.39 is 23.7 Å². The lowest BCUT2D eigenvalue weighted by atomic mass is 10.1. The highest BCUT2D eigenvalue weighted by molar-refractivity contribution is 5.76. The predicted octanol–water partition coefficient (Wildman–Crippen LogP) is 0.793. The number of carbonyl (C=O) groups is 1. The van der Waals surface area contributed by atoms with E-state index in [1.165, 1.54) is 7.11 Å². The Hall–Kier alpha value is -1.66. The average Bonchev–Trinajstić information content (AvgIpc) is 2.35. The molecule has 106 valence electrons. The number of ether oxygens (including phenoxy) is 2. The second kappa shape index (κ2) is 5.99. The smallest absolute Gasteiger partial charge is 0.326 e. The van der Waals surface area contributed by atoms with E-state index >= 15 is 0 Å². The maximum absolute atomic E-state index is 11.8. The van der Waals surface area contributed by atoms with Crippen molar-refractivity contribution in [1.82, 2.24) is 4.98 Å². The molecule has 6 heteroatoms. The summed E-state index contributed by atoms with van der Waals surface area (Å²) in [7, 11) is 1.46. The zero-order chi connectivity index (χ0) is 14.6. The van der Waals surface area contributed by atoms with Crippen molar-refractivity contribution in [3.8, 4) is 5.88 Å². The monoisotopic (exact) mass is 268 g/mol. The minimum atomic E-state index is -1.25. The molecule has 3 N–H and O–H groups in total. The van der Waals surface area contributed by atoms with Gasteiger partial charge in [0.25, 0.3) is 0 Å². The van der Waals surface area contributed by atoms with Crippen molar-refractivity contribution in [1.29, 1.82) is 0 Å². The fourth-order valence-electron chi connectivity index (χ4n) is 1.39. The molecule has 0 saturated heterocycles. The highest BCUT2D eigenvalue weighted by atomic mass is 16.6. The lowest BCUT2D eigenvalue weighted by molar-refractivity contribution is -0.159. The number of esters is 1. The number of aliphatic hydroxyl groups is 1. The summed E-state index contributed by atoms with van der Waals surface area (Å²) in [5.41, 5.74) is 5.29. The molecule has 1 rings (SSSR count). The molecule has 0 fully saturated rings. The summed E-state index contributed by atoms with van der Waals surface area (Å²) in [5.74, 6) is -0.336. The molecule has 0 unspecified atom stereocenters. The van der Waals surface area contributed by atoms with Crippen LogP contribution in [0.4, 0.5) is 0 Å². The van der Waals surface area contributed by atoms with Crippen LogP contribution in [0, 0.1) is 0 Å². The Morgan fingerprint density at radius 1 is 1.42 bits per heavy atom. The minimum absolute atomic E-state index is 0.262. The third-order valence-electron chi connectivity index (χ3n) is 2.28. The van der Waals surface area contributed by atoms with Gasteiger partial charge in [-0.2, -0.15) is 0 Å². The molecule has 0 aliphatic carbocycles. The molecule has 0 aromatic carbocycles. The number of aromatic nitrogens is 1. The number of aliphatic hydroxyl groups excluding tert-OH is 1. The molecule has 0 aliphatic rings. The molecule has 2 atom stereocenters. The lowest BCUT2D eigenvalue weighted by Gasteiger charge is -2.24. The highest BCUT2D eigenvalue weighted by Crippen LogP contribution is 2.19. The van der Waals surface area contributed by atoms with E-state index in [1.807, 2.05) is 0 Å². The molecule has 1 aromatic rings. The molecule has 1 heterocycles. The maximum atomic E-state index is 11.8. The number of nitrogens with two attached hydrogens (primary N) is 1. The van der Waals surface area contributed by atoms with E-state index in [4.69, 9.17) is 15.2 Å². The Balaban J connectivity index is 2.81. The van der Waals surface area contributed by atoms with Gasteiger partial charge in [-0.3, -0.25) is 4.79 Å². The van der Waals surface area contributed by atoms with Crippen molar-refractivity contribution < 1.29 is 19.4 Å². The Morgan fingerprint density at radius 2 is 2.05 bits per heavy atom. The lowest BCUT2D eigenvalue weighted by Crippen LogP contribution is -2.41. The van der Waals surface area contributed by atoms with Crippen LogP contribution in [0.3, 0.4) is 0 Å². The molecule has 0 saturated carbocycles. The van der Waals surface area contributed by atoms with Crippen LogP contribution in [0.5, 0.6) is 5.88 Å². The van der Waals surface area contributed by atoms with Crippen LogP contribution in [-0.2, 0) is 9.53 Å². The van der Waals surface area contributed by atoms with Gasteiger partial charge in [0.2, 0.25) is 5.88 Å². The van der Waals surface area contributed by atoms with Crippen molar-refractivity contribution in [3.05, 3.63) is 23.9 Å². The molecular weight excluding hydrogens is 248 g/mol. The van der Waals surface area contributed by atoms with Crippen LogP contribution in [0.25, 0.3) is 0 Å². The van der Waals surface area contributed by atoms with Gasteiger partial charge in [-0.15, -0.1) is 0 Å². The van der Waals surface area contributed by atoms with Gasteiger partial charge < -0.3 is 20.3 Å². The minimum Gasteiger partial charge on any atom is -0.481 e. The molecule has 0 radical (unpaired) electrons. The van der Waals surface area contributed by atoms with Gasteiger partial charge in [0, 0.05) is 6.07 Å². The first kappa shape index (κ1) is 15.4. The third-order valence-corrected chi connectivity index (χ3v) is 2.28. The van der Waals surface area contributed by atoms with Crippen LogP contribution < -0.4 is 10.5 Å². The molecule has 0 aliphatic heterocycles. The van der Waals surface area contributed by atoms with E-state index in [9.17, 15) is 9.90 Å².